The fourth-order valence-electron chi connectivity index (χ4n) is 1.90. The van der Waals surface area contributed by atoms with Gasteiger partial charge in [0.25, 0.3) is 6.29 Å². The molecule has 2 saturated heterocycles. The van der Waals surface area contributed by atoms with Crippen molar-refractivity contribution in [1.29, 1.82) is 0 Å². The number of aliphatic hydroxyl groups excluding tert-OH is 3. The minimum absolute atomic E-state index is 0.339. The third-order valence-electron chi connectivity index (χ3n) is 2.54. The Kier molecular flexibility index (Phi) is 2.74. The topological polar surface area (TPSA) is 88.4 Å². The van der Waals surface area contributed by atoms with Crippen LogP contribution in [0.4, 0.5) is 0 Å². The van der Waals surface area contributed by atoms with Crippen LogP contribution in [-0.2, 0) is 14.2 Å². The molecule has 87 valence electrons. The lowest BCUT2D eigenvalue weighted by molar-refractivity contribution is -0.389. The third kappa shape index (κ3) is 1.89. The van der Waals surface area contributed by atoms with Gasteiger partial charge >= 0.3 is 0 Å². The van der Waals surface area contributed by atoms with Crippen molar-refractivity contribution in [2.45, 2.75) is 44.1 Å². The lowest BCUT2D eigenvalue weighted by Gasteiger charge is -2.50. The van der Waals surface area contributed by atoms with E-state index in [1.165, 1.54) is 0 Å². The second-order valence-electron chi connectivity index (χ2n) is 4.19. The van der Waals surface area contributed by atoms with Crippen molar-refractivity contribution >= 4 is 0 Å². The number of hydrogen-bond donors (Lipinski definition) is 3. The molecule has 2 heterocycles. The van der Waals surface area contributed by atoms with E-state index in [2.05, 4.69) is 0 Å². The Balaban J connectivity index is 2.22. The van der Waals surface area contributed by atoms with Crippen LogP contribution in [-0.4, -0.2) is 52.1 Å². The van der Waals surface area contributed by atoms with Gasteiger partial charge in [-0.15, -0.1) is 0 Å². The van der Waals surface area contributed by atoms with Gasteiger partial charge in [0.05, 0.1) is 6.61 Å². The van der Waals surface area contributed by atoms with Crippen LogP contribution in [0, 0.1) is 6.29 Å². The molecular weight excluding hydrogens is 204 g/mol. The smallest absolute Gasteiger partial charge is 0.254 e. The highest BCUT2D eigenvalue weighted by Gasteiger charge is 2.54. The fourth-order valence-corrected chi connectivity index (χ4v) is 1.90. The molecule has 0 aromatic heterocycles. The van der Waals surface area contributed by atoms with Gasteiger partial charge in [-0.05, 0) is 13.8 Å². The van der Waals surface area contributed by atoms with Crippen LogP contribution in [0.3, 0.4) is 0 Å². The number of ether oxygens (including phenoxy) is 3. The molecule has 2 rings (SSSR count). The number of rotatable bonds is 1. The van der Waals surface area contributed by atoms with Crippen molar-refractivity contribution in [3.05, 3.63) is 6.29 Å². The van der Waals surface area contributed by atoms with Crippen LogP contribution in [0.25, 0.3) is 0 Å². The van der Waals surface area contributed by atoms with Gasteiger partial charge in [0.15, 0.2) is 5.79 Å². The zero-order chi connectivity index (χ0) is 11.2. The maximum absolute atomic E-state index is 9.77. The maximum atomic E-state index is 9.77. The summed E-state index contributed by atoms with van der Waals surface area (Å²) < 4.78 is 15.7. The first kappa shape index (κ1) is 11.3. The van der Waals surface area contributed by atoms with Gasteiger partial charge in [0.1, 0.15) is 24.4 Å². The van der Waals surface area contributed by atoms with E-state index in [-0.39, 0.29) is 6.61 Å². The highest BCUT2D eigenvalue weighted by molar-refractivity contribution is 5.01. The van der Waals surface area contributed by atoms with E-state index in [1.54, 1.807) is 13.8 Å². The molecule has 0 amide bonds. The molecule has 2 bridgehead atoms. The molecule has 1 radical (unpaired) electrons. The highest BCUT2D eigenvalue weighted by Crippen LogP contribution is 2.37. The number of hydrogen-bond acceptors (Lipinski definition) is 6. The number of aliphatic hydroxyl groups is 3. The monoisotopic (exact) mass is 219 g/mol. The van der Waals surface area contributed by atoms with E-state index in [9.17, 15) is 10.2 Å². The Morgan fingerprint density at radius 1 is 1.33 bits per heavy atom. The van der Waals surface area contributed by atoms with Crippen molar-refractivity contribution in [3.63, 3.8) is 0 Å². The van der Waals surface area contributed by atoms with Crippen LogP contribution < -0.4 is 0 Å². The first-order valence-corrected chi connectivity index (χ1v) is 4.81. The van der Waals surface area contributed by atoms with Gasteiger partial charge in [-0.2, -0.15) is 0 Å². The summed E-state index contributed by atoms with van der Waals surface area (Å²) in [6, 6.07) is 0. The molecule has 2 aliphatic rings. The summed E-state index contributed by atoms with van der Waals surface area (Å²) in [5.74, 6) is -0.917. The van der Waals surface area contributed by atoms with Crippen LogP contribution in [0.2, 0.25) is 0 Å². The van der Waals surface area contributed by atoms with Crippen LogP contribution in [0.1, 0.15) is 13.8 Å². The van der Waals surface area contributed by atoms with Crippen LogP contribution >= 0.6 is 0 Å². The van der Waals surface area contributed by atoms with Crippen LogP contribution in [0.15, 0.2) is 0 Å². The Morgan fingerprint density at radius 2 is 2.00 bits per heavy atom. The van der Waals surface area contributed by atoms with E-state index < -0.39 is 36.5 Å². The van der Waals surface area contributed by atoms with Gasteiger partial charge in [0, 0.05) is 0 Å². The van der Waals surface area contributed by atoms with Crippen molar-refractivity contribution in [1.82, 2.24) is 0 Å². The lowest BCUT2D eigenvalue weighted by Crippen LogP contribution is -2.65. The third-order valence-corrected chi connectivity index (χ3v) is 2.54. The van der Waals surface area contributed by atoms with Crippen LogP contribution in [0.5, 0.6) is 0 Å². The molecular formula is C9H15O6. The summed E-state index contributed by atoms with van der Waals surface area (Å²) in [5.41, 5.74) is 0. The molecule has 2 aliphatic heterocycles. The molecule has 6 nitrogen and oxygen atoms in total. The second kappa shape index (κ2) is 3.65. The summed E-state index contributed by atoms with van der Waals surface area (Å²) in [7, 11) is 0. The minimum atomic E-state index is -1.02. The average molecular weight is 219 g/mol. The van der Waals surface area contributed by atoms with Gasteiger partial charge in [-0.1, -0.05) is 0 Å². The molecule has 0 aromatic rings. The van der Waals surface area contributed by atoms with E-state index in [0.717, 1.165) is 0 Å². The summed E-state index contributed by atoms with van der Waals surface area (Å²) in [6.07, 6.45) is -3.81. The first-order valence-electron chi connectivity index (χ1n) is 4.81. The fraction of sp³-hybridized carbons (Fsp3) is 0.889. The zero-order valence-corrected chi connectivity index (χ0v) is 8.58. The second-order valence-corrected chi connectivity index (χ2v) is 4.19. The largest absolute Gasteiger partial charge is 0.394 e. The quantitative estimate of drug-likeness (QED) is 0.531. The van der Waals surface area contributed by atoms with E-state index >= 15 is 0 Å². The summed E-state index contributed by atoms with van der Waals surface area (Å²) in [4.78, 5) is 0. The molecule has 0 spiro atoms. The zero-order valence-electron chi connectivity index (χ0n) is 8.58. The SMILES string of the molecule is CC1(C)O[C@H]2[C@H](O)[C@@H](O1)[C](O)O[C@@H]2CO. The van der Waals surface area contributed by atoms with Gasteiger partial charge < -0.3 is 29.5 Å². The van der Waals surface area contributed by atoms with Gasteiger partial charge in [0.2, 0.25) is 0 Å². The highest BCUT2D eigenvalue weighted by atomic mass is 16.8. The Morgan fingerprint density at radius 3 is 2.60 bits per heavy atom. The first-order chi connectivity index (χ1) is 6.94. The molecule has 4 atom stereocenters. The van der Waals surface area contributed by atoms with Crippen molar-refractivity contribution < 1.29 is 29.5 Å². The van der Waals surface area contributed by atoms with Crippen molar-refractivity contribution in [3.8, 4) is 0 Å². The van der Waals surface area contributed by atoms with Gasteiger partial charge in [-0.25, -0.2) is 0 Å². The predicted molar refractivity (Wildman–Crippen MR) is 47.0 cm³/mol. The molecule has 0 saturated carbocycles. The molecule has 2 fully saturated rings. The molecule has 0 aliphatic carbocycles. The number of fused-ring (bicyclic) bond motifs is 2. The lowest BCUT2D eigenvalue weighted by atomic mass is 9.96. The predicted octanol–water partition coefficient (Wildman–Crippen LogP) is -0.880. The Labute approximate surface area is 87.4 Å². The Hall–Kier alpha value is -0.240. The maximum Gasteiger partial charge on any atom is 0.254 e. The Bertz CT molecular complexity index is 241. The minimum Gasteiger partial charge on any atom is -0.394 e. The van der Waals surface area contributed by atoms with E-state index in [1.807, 2.05) is 0 Å². The summed E-state index contributed by atoms with van der Waals surface area (Å²) in [5, 5.41) is 28.3. The summed E-state index contributed by atoms with van der Waals surface area (Å²) >= 11 is 0. The molecule has 3 N–H and O–H groups in total. The molecule has 15 heavy (non-hydrogen) atoms. The standard InChI is InChI=1S/C9H15O6/c1-9(2)14-6-4(3-10)13-8(12)7(15-9)5(6)11/h4-7,10-12H,3H2,1-2H3/t4-,5+,6-,7-/m1/s1. The summed E-state index contributed by atoms with van der Waals surface area (Å²) in [6.45, 7) is 3.01. The van der Waals surface area contributed by atoms with E-state index in [0.29, 0.717) is 0 Å². The average Bonchev–Trinajstić information content (AvgIpc) is 2.15. The normalized spacial score (nSPS) is 45.4. The van der Waals surface area contributed by atoms with E-state index in [4.69, 9.17) is 19.3 Å². The molecule has 0 unspecified atom stereocenters. The molecule has 0 aromatic carbocycles. The van der Waals surface area contributed by atoms with Crippen molar-refractivity contribution in [2.75, 3.05) is 6.61 Å². The molecule has 6 heteroatoms. The van der Waals surface area contributed by atoms with Gasteiger partial charge in [-0.3, -0.25) is 0 Å². The van der Waals surface area contributed by atoms with Crippen molar-refractivity contribution in [2.24, 2.45) is 0 Å².